The van der Waals surface area contributed by atoms with Gasteiger partial charge in [0.2, 0.25) is 0 Å². The summed E-state index contributed by atoms with van der Waals surface area (Å²) >= 11 is 0. The normalized spacial score (nSPS) is 11.3. The maximum absolute atomic E-state index is 14.0. The highest BCUT2D eigenvalue weighted by Gasteiger charge is 2.18. The third-order valence-corrected chi connectivity index (χ3v) is 8.13. The van der Waals surface area contributed by atoms with Gasteiger partial charge in [0.05, 0.1) is 33.3 Å². The number of hydrogen-bond acceptors (Lipinski definition) is 3. The molecule has 6 aromatic carbocycles. The van der Waals surface area contributed by atoms with Crippen molar-refractivity contribution in [2.75, 3.05) is 0 Å². The molecule has 214 valence electrons. The maximum atomic E-state index is 14.0. The molecule has 0 aliphatic heterocycles. The van der Waals surface area contributed by atoms with Gasteiger partial charge in [0.1, 0.15) is 5.82 Å². The van der Waals surface area contributed by atoms with Crippen molar-refractivity contribution in [3.63, 3.8) is 0 Å². The molecule has 6 heteroatoms. The van der Waals surface area contributed by atoms with Crippen LogP contribution < -0.4 is 11.2 Å². The van der Waals surface area contributed by atoms with Crippen LogP contribution in [-0.4, -0.2) is 18.7 Å². The Labute approximate surface area is 258 Å². The van der Waals surface area contributed by atoms with E-state index >= 15 is 0 Å². The average molecular weight is 583 g/mol. The van der Waals surface area contributed by atoms with Crippen molar-refractivity contribution in [2.24, 2.45) is 0 Å². The van der Waals surface area contributed by atoms with Gasteiger partial charge in [-0.15, -0.1) is 0 Å². The fraction of sp³-hybridized carbons (Fsp3) is 0. The lowest BCUT2D eigenvalue weighted by Gasteiger charge is -2.15. The quantitative estimate of drug-likeness (QED) is 0.208. The van der Waals surface area contributed by atoms with Gasteiger partial charge in [-0.2, -0.15) is 0 Å². The lowest BCUT2D eigenvalue weighted by atomic mass is 10.0. The van der Waals surface area contributed by atoms with Crippen LogP contribution in [0.15, 0.2) is 167 Å². The first kappa shape index (κ1) is 26.4. The van der Waals surface area contributed by atoms with Gasteiger partial charge in [-0.1, -0.05) is 97.1 Å². The highest BCUT2D eigenvalue weighted by Crippen LogP contribution is 2.31. The number of hydrogen-bond donors (Lipinski definition) is 0. The van der Waals surface area contributed by atoms with E-state index in [1.807, 2.05) is 115 Å². The molecule has 2 aromatic heterocycles. The van der Waals surface area contributed by atoms with Crippen LogP contribution in [0.2, 0.25) is 0 Å². The number of aromatic nitrogens is 4. The number of fused-ring (bicyclic) bond motifs is 2. The third kappa shape index (κ3) is 4.48. The number of rotatable bonds is 5. The standard InChI is InChI=1S/C39H26N4O2/c44-38-33-26-29(24-25-35(33)42(31-14-6-2-7-15-31)39(45)43(38)32-16-8-3-9-17-32)27-20-22-28(23-21-27)37-40-34-18-10-11-19-36(34)41(37)30-12-4-1-5-13-30/h1-26H. The highest BCUT2D eigenvalue weighted by atomic mass is 16.2. The highest BCUT2D eigenvalue weighted by molar-refractivity contribution is 5.87. The van der Waals surface area contributed by atoms with Gasteiger partial charge in [0.25, 0.3) is 5.56 Å². The van der Waals surface area contributed by atoms with E-state index in [0.717, 1.165) is 39.2 Å². The topological polar surface area (TPSA) is 61.8 Å². The van der Waals surface area contributed by atoms with Gasteiger partial charge >= 0.3 is 5.69 Å². The Morgan fingerprint density at radius 1 is 0.422 bits per heavy atom. The Bertz CT molecular complexity index is 2440. The molecule has 0 amide bonds. The first-order chi connectivity index (χ1) is 22.2. The molecule has 0 aliphatic carbocycles. The van der Waals surface area contributed by atoms with Crippen molar-refractivity contribution in [1.82, 2.24) is 18.7 Å². The molecule has 0 saturated heterocycles. The Morgan fingerprint density at radius 3 is 1.58 bits per heavy atom. The molecule has 0 aliphatic rings. The van der Waals surface area contributed by atoms with Gasteiger partial charge in [-0.05, 0) is 71.8 Å². The van der Waals surface area contributed by atoms with Crippen LogP contribution in [0.3, 0.4) is 0 Å². The molecule has 8 aromatic rings. The summed E-state index contributed by atoms with van der Waals surface area (Å²) in [4.78, 5) is 32.8. The molecule has 0 unspecified atom stereocenters. The molecule has 6 nitrogen and oxygen atoms in total. The molecule has 0 radical (unpaired) electrons. The summed E-state index contributed by atoms with van der Waals surface area (Å²) in [6.07, 6.45) is 0. The van der Waals surface area contributed by atoms with Crippen LogP contribution in [0.25, 0.3) is 61.5 Å². The predicted octanol–water partition coefficient (Wildman–Crippen LogP) is 7.81. The SMILES string of the molecule is O=c1c2cc(-c3ccc(-c4nc5ccccc5n4-c4ccccc4)cc3)ccc2n(-c2ccccc2)c(=O)n1-c1ccccc1. The zero-order valence-electron chi connectivity index (χ0n) is 24.1. The molecule has 0 fully saturated rings. The van der Waals surface area contributed by atoms with Crippen molar-refractivity contribution >= 4 is 21.9 Å². The zero-order chi connectivity index (χ0) is 30.3. The summed E-state index contributed by atoms with van der Waals surface area (Å²) in [7, 11) is 0. The molecule has 2 heterocycles. The Hall–Kier alpha value is -6.27. The lowest BCUT2D eigenvalue weighted by Crippen LogP contribution is -2.38. The van der Waals surface area contributed by atoms with Crippen LogP contribution in [0.4, 0.5) is 0 Å². The van der Waals surface area contributed by atoms with E-state index in [4.69, 9.17) is 4.98 Å². The van der Waals surface area contributed by atoms with E-state index in [1.54, 1.807) is 16.7 Å². The first-order valence-electron chi connectivity index (χ1n) is 14.7. The number of imidazole rings is 1. The second-order valence-corrected chi connectivity index (χ2v) is 10.8. The predicted molar refractivity (Wildman–Crippen MR) is 181 cm³/mol. The monoisotopic (exact) mass is 582 g/mol. The van der Waals surface area contributed by atoms with Crippen LogP contribution in [0, 0.1) is 0 Å². The van der Waals surface area contributed by atoms with Crippen molar-refractivity contribution in [3.05, 3.63) is 179 Å². The maximum Gasteiger partial charge on any atom is 0.340 e. The minimum atomic E-state index is -0.414. The molecule has 0 bridgehead atoms. The number of para-hydroxylation sites is 5. The summed E-state index contributed by atoms with van der Waals surface area (Å²) in [5.41, 5.74) is 6.80. The van der Waals surface area contributed by atoms with E-state index < -0.39 is 5.69 Å². The lowest BCUT2D eigenvalue weighted by molar-refractivity contribution is 0.835. The van der Waals surface area contributed by atoms with Crippen molar-refractivity contribution in [2.45, 2.75) is 0 Å². The van der Waals surface area contributed by atoms with Gasteiger partial charge in [0, 0.05) is 11.3 Å². The third-order valence-electron chi connectivity index (χ3n) is 8.13. The van der Waals surface area contributed by atoms with Crippen molar-refractivity contribution < 1.29 is 0 Å². The van der Waals surface area contributed by atoms with Crippen LogP contribution in [-0.2, 0) is 0 Å². The number of nitrogens with zero attached hydrogens (tertiary/aromatic N) is 4. The summed E-state index contributed by atoms with van der Waals surface area (Å²) in [6.45, 7) is 0. The van der Waals surface area contributed by atoms with Gasteiger partial charge < -0.3 is 0 Å². The number of benzene rings is 6. The van der Waals surface area contributed by atoms with Crippen LogP contribution >= 0.6 is 0 Å². The van der Waals surface area contributed by atoms with Gasteiger partial charge in [-0.3, -0.25) is 13.9 Å². The second kappa shape index (κ2) is 10.8. The molecular formula is C39H26N4O2. The van der Waals surface area contributed by atoms with Gasteiger partial charge in [0.15, 0.2) is 0 Å². The van der Waals surface area contributed by atoms with E-state index in [2.05, 4.69) is 34.9 Å². The minimum absolute atomic E-state index is 0.358. The van der Waals surface area contributed by atoms with E-state index in [-0.39, 0.29) is 5.56 Å². The van der Waals surface area contributed by atoms with Crippen LogP contribution in [0.5, 0.6) is 0 Å². The molecule has 45 heavy (non-hydrogen) atoms. The average Bonchev–Trinajstić information content (AvgIpc) is 3.49. The zero-order valence-corrected chi connectivity index (χ0v) is 24.1. The first-order valence-corrected chi connectivity index (χ1v) is 14.7. The molecule has 0 saturated carbocycles. The summed E-state index contributed by atoms with van der Waals surface area (Å²) < 4.78 is 5.02. The minimum Gasteiger partial charge on any atom is -0.292 e. The summed E-state index contributed by atoms with van der Waals surface area (Å²) in [6, 6.07) is 50.8. The van der Waals surface area contributed by atoms with Crippen molar-refractivity contribution in [3.8, 4) is 39.6 Å². The molecule has 0 spiro atoms. The van der Waals surface area contributed by atoms with E-state index in [0.29, 0.717) is 22.3 Å². The molecule has 8 rings (SSSR count). The van der Waals surface area contributed by atoms with E-state index in [9.17, 15) is 9.59 Å². The Balaban J connectivity index is 1.28. The largest absolute Gasteiger partial charge is 0.340 e. The second-order valence-electron chi connectivity index (χ2n) is 10.8. The molecule has 0 N–H and O–H groups in total. The van der Waals surface area contributed by atoms with Gasteiger partial charge in [-0.25, -0.2) is 14.3 Å². The Kier molecular flexibility index (Phi) is 6.31. The smallest absolute Gasteiger partial charge is 0.292 e. The van der Waals surface area contributed by atoms with Crippen LogP contribution in [0.1, 0.15) is 0 Å². The van der Waals surface area contributed by atoms with E-state index in [1.165, 1.54) is 4.57 Å². The Morgan fingerprint density at radius 2 is 0.933 bits per heavy atom. The summed E-state index contributed by atoms with van der Waals surface area (Å²) in [5.74, 6) is 0.852. The fourth-order valence-corrected chi connectivity index (χ4v) is 5.99. The fourth-order valence-electron chi connectivity index (χ4n) is 5.99. The molecule has 0 atom stereocenters. The van der Waals surface area contributed by atoms with Crippen molar-refractivity contribution in [1.29, 1.82) is 0 Å². The molecular weight excluding hydrogens is 556 g/mol. The summed E-state index contributed by atoms with van der Waals surface area (Å²) in [5, 5.41) is 0.453.